The fraction of sp³-hybridized carbons (Fsp3) is 0.0968. The molecule has 0 atom stereocenters. The molecule has 0 unspecified atom stereocenters. The predicted octanol–water partition coefficient (Wildman–Crippen LogP) is 5.98. The van der Waals surface area contributed by atoms with Crippen LogP contribution in [-0.4, -0.2) is 18.4 Å². The van der Waals surface area contributed by atoms with Gasteiger partial charge in [-0.25, -0.2) is 4.39 Å². The summed E-state index contributed by atoms with van der Waals surface area (Å²) >= 11 is 0. The van der Waals surface area contributed by atoms with E-state index in [4.69, 9.17) is 9.47 Å². The lowest BCUT2D eigenvalue weighted by molar-refractivity contribution is -0.121. The second kappa shape index (κ2) is 11.4. The van der Waals surface area contributed by atoms with Gasteiger partial charge in [0.1, 0.15) is 23.9 Å². The summed E-state index contributed by atoms with van der Waals surface area (Å²) in [5.74, 6) is 0.403. The molecule has 4 aromatic rings. The van der Waals surface area contributed by atoms with Crippen LogP contribution in [0.15, 0.2) is 103 Å². The summed E-state index contributed by atoms with van der Waals surface area (Å²) in [6, 6.07) is 28.5. The van der Waals surface area contributed by atoms with Crippen LogP contribution in [-0.2, 0) is 22.7 Å². The van der Waals surface area contributed by atoms with Crippen LogP contribution in [0.1, 0.15) is 16.7 Å². The van der Waals surface area contributed by atoms with Crippen molar-refractivity contribution >= 4 is 29.3 Å². The van der Waals surface area contributed by atoms with Crippen LogP contribution < -0.4 is 19.7 Å². The van der Waals surface area contributed by atoms with Gasteiger partial charge in [-0.15, -0.1) is 0 Å². The largest absolute Gasteiger partial charge is 0.489 e. The quantitative estimate of drug-likeness (QED) is 0.297. The number of anilines is 2. The summed E-state index contributed by atoms with van der Waals surface area (Å²) in [6.45, 7) is 0.664. The number of hydrogen-bond acceptors (Lipinski definition) is 4. The Kier molecular flexibility index (Phi) is 7.45. The summed E-state index contributed by atoms with van der Waals surface area (Å²) < 4.78 is 24.6. The summed E-state index contributed by atoms with van der Waals surface area (Å²) in [6.07, 6.45) is 3.17. The second-order valence-corrected chi connectivity index (χ2v) is 8.74. The van der Waals surface area contributed by atoms with Crippen molar-refractivity contribution < 1.29 is 23.5 Å². The molecule has 0 saturated heterocycles. The highest BCUT2D eigenvalue weighted by atomic mass is 19.1. The zero-order chi connectivity index (χ0) is 26.3. The first-order valence-electron chi connectivity index (χ1n) is 12.1. The molecule has 4 aromatic carbocycles. The smallest absolute Gasteiger partial charge is 0.265 e. The molecule has 0 spiro atoms. The summed E-state index contributed by atoms with van der Waals surface area (Å²) in [4.78, 5) is 26.6. The minimum Gasteiger partial charge on any atom is -0.489 e. The SMILES string of the molecule is O=C(/C=C/c1ccc(OCc2ccccc2)cc1)Nc1ccc2c(c1)OCC(=O)N2Cc1ccc(F)cc1. The fourth-order valence-corrected chi connectivity index (χ4v) is 4.00. The second-order valence-electron chi connectivity index (χ2n) is 8.74. The number of carbonyl (C=O) groups is 2. The van der Waals surface area contributed by atoms with Crippen molar-refractivity contribution in [3.05, 3.63) is 126 Å². The number of ether oxygens (including phenoxy) is 2. The van der Waals surface area contributed by atoms with E-state index in [1.807, 2.05) is 54.6 Å². The number of rotatable bonds is 8. The molecule has 0 aromatic heterocycles. The number of nitrogens with one attached hydrogen (secondary N) is 1. The number of hydrogen-bond donors (Lipinski definition) is 1. The molecule has 0 aliphatic carbocycles. The van der Waals surface area contributed by atoms with Gasteiger partial charge in [-0.3, -0.25) is 9.59 Å². The zero-order valence-corrected chi connectivity index (χ0v) is 20.5. The summed E-state index contributed by atoms with van der Waals surface area (Å²) in [5, 5.41) is 2.82. The van der Waals surface area contributed by atoms with Gasteiger partial charge in [-0.2, -0.15) is 0 Å². The van der Waals surface area contributed by atoms with Crippen LogP contribution in [0.4, 0.5) is 15.8 Å². The van der Waals surface area contributed by atoms with E-state index in [0.717, 1.165) is 22.4 Å². The van der Waals surface area contributed by atoms with Gasteiger partial charge in [0.2, 0.25) is 5.91 Å². The molecule has 7 heteroatoms. The fourth-order valence-electron chi connectivity index (χ4n) is 4.00. The molecule has 0 saturated carbocycles. The molecule has 2 amide bonds. The van der Waals surface area contributed by atoms with Crippen molar-refractivity contribution in [2.45, 2.75) is 13.2 Å². The first kappa shape index (κ1) is 24.8. The van der Waals surface area contributed by atoms with E-state index in [0.29, 0.717) is 30.3 Å². The molecular formula is C31H25FN2O4. The maximum absolute atomic E-state index is 13.2. The van der Waals surface area contributed by atoms with E-state index in [2.05, 4.69) is 5.32 Å². The van der Waals surface area contributed by atoms with Crippen LogP contribution in [0.5, 0.6) is 11.5 Å². The highest BCUT2D eigenvalue weighted by molar-refractivity contribution is 6.03. The third kappa shape index (κ3) is 6.25. The average Bonchev–Trinajstić information content (AvgIpc) is 2.94. The van der Waals surface area contributed by atoms with E-state index in [9.17, 15) is 14.0 Å². The van der Waals surface area contributed by atoms with Crippen molar-refractivity contribution in [2.75, 3.05) is 16.8 Å². The first-order valence-corrected chi connectivity index (χ1v) is 12.1. The highest BCUT2D eigenvalue weighted by Gasteiger charge is 2.26. The lowest BCUT2D eigenvalue weighted by Crippen LogP contribution is -2.38. The number of fused-ring (bicyclic) bond motifs is 1. The Morgan fingerprint density at radius 3 is 2.47 bits per heavy atom. The molecule has 6 nitrogen and oxygen atoms in total. The molecular weight excluding hydrogens is 483 g/mol. The van der Waals surface area contributed by atoms with E-state index in [1.54, 1.807) is 41.3 Å². The lowest BCUT2D eigenvalue weighted by Gasteiger charge is -2.29. The standard InChI is InChI=1S/C31H25FN2O4/c32-25-11-6-23(7-12-25)19-34-28-16-13-26(18-29(28)38-21-31(34)36)33-30(35)17-10-22-8-14-27(15-9-22)37-20-24-4-2-1-3-5-24/h1-18H,19-21H2,(H,33,35)/b17-10+. The van der Waals surface area contributed by atoms with Gasteiger partial charge in [0, 0.05) is 17.8 Å². The highest BCUT2D eigenvalue weighted by Crippen LogP contribution is 2.35. The Morgan fingerprint density at radius 1 is 0.947 bits per heavy atom. The van der Waals surface area contributed by atoms with E-state index in [1.165, 1.54) is 18.2 Å². The van der Waals surface area contributed by atoms with Gasteiger partial charge >= 0.3 is 0 Å². The molecule has 1 aliphatic rings. The molecule has 1 N–H and O–H groups in total. The minimum atomic E-state index is -0.332. The third-order valence-electron chi connectivity index (χ3n) is 5.98. The van der Waals surface area contributed by atoms with Crippen molar-refractivity contribution in [1.29, 1.82) is 0 Å². The first-order chi connectivity index (χ1) is 18.5. The van der Waals surface area contributed by atoms with Crippen LogP contribution in [0.3, 0.4) is 0 Å². The van der Waals surface area contributed by atoms with Crippen molar-refractivity contribution in [3.8, 4) is 11.5 Å². The Hall–Kier alpha value is -4.91. The molecule has 0 fully saturated rings. The van der Waals surface area contributed by atoms with Crippen LogP contribution in [0.25, 0.3) is 6.08 Å². The van der Waals surface area contributed by atoms with Gasteiger partial charge in [0.05, 0.1) is 12.2 Å². The Labute approximate surface area is 219 Å². The van der Waals surface area contributed by atoms with Gasteiger partial charge in [-0.1, -0.05) is 54.6 Å². The maximum Gasteiger partial charge on any atom is 0.265 e. The lowest BCUT2D eigenvalue weighted by atomic mass is 10.1. The van der Waals surface area contributed by atoms with E-state index in [-0.39, 0.29) is 24.2 Å². The van der Waals surface area contributed by atoms with Crippen molar-refractivity contribution in [3.63, 3.8) is 0 Å². The molecule has 38 heavy (non-hydrogen) atoms. The number of carbonyl (C=O) groups excluding carboxylic acids is 2. The average molecular weight is 509 g/mol. The van der Waals surface area contributed by atoms with Crippen molar-refractivity contribution in [1.82, 2.24) is 0 Å². The number of benzene rings is 4. The molecule has 0 bridgehead atoms. The summed E-state index contributed by atoms with van der Waals surface area (Å²) in [5.41, 5.74) is 3.88. The van der Waals surface area contributed by atoms with Gasteiger partial charge in [0.25, 0.3) is 5.91 Å². The van der Waals surface area contributed by atoms with Gasteiger partial charge in [-0.05, 0) is 59.2 Å². The normalized spacial score (nSPS) is 12.7. The molecule has 5 rings (SSSR count). The van der Waals surface area contributed by atoms with Gasteiger partial charge < -0.3 is 19.7 Å². The molecule has 1 aliphatic heterocycles. The van der Waals surface area contributed by atoms with E-state index >= 15 is 0 Å². The van der Waals surface area contributed by atoms with Gasteiger partial charge in [0.15, 0.2) is 6.61 Å². The van der Waals surface area contributed by atoms with Crippen LogP contribution in [0.2, 0.25) is 0 Å². The minimum absolute atomic E-state index is 0.115. The zero-order valence-electron chi connectivity index (χ0n) is 20.5. The van der Waals surface area contributed by atoms with Crippen LogP contribution >= 0.6 is 0 Å². The summed E-state index contributed by atoms with van der Waals surface area (Å²) in [7, 11) is 0. The number of nitrogens with zero attached hydrogens (tertiary/aromatic N) is 1. The Balaban J connectivity index is 1.18. The van der Waals surface area contributed by atoms with E-state index < -0.39 is 0 Å². The molecule has 190 valence electrons. The number of halogens is 1. The molecule has 1 heterocycles. The monoisotopic (exact) mass is 508 g/mol. The maximum atomic E-state index is 13.2. The number of amides is 2. The Morgan fingerprint density at radius 2 is 1.71 bits per heavy atom. The third-order valence-corrected chi connectivity index (χ3v) is 5.98. The Bertz CT molecular complexity index is 1450. The van der Waals surface area contributed by atoms with Crippen LogP contribution in [0, 0.1) is 5.82 Å². The van der Waals surface area contributed by atoms with Crippen molar-refractivity contribution in [2.24, 2.45) is 0 Å². The topological polar surface area (TPSA) is 67.9 Å². The predicted molar refractivity (Wildman–Crippen MR) is 144 cm³/mol. The molecule has 0 radical (unpaired) electrons.